The quantitative estimate of drug-likeness (QED) is 0.606. The molecule has 0 bridgehead atoms. The molecule has 10 heavy (non-hydrogen) atoms. The Morgan fingerprint density at radius 2 is 2.20 bits per heavy atom. The standard InChI is InChI=1S/C8H12O2/c1-3-7(4-2)5-6-8(9)10/h3-4H,1,5-6H2,2H3,(H,9,10). The van der Waals surface area contributed by atoms with Crippen molar-refractivity contribution in [3.05, 3.63) is 24.3 Å². The third kappa shape index (κ3) is 3.89. The molecule has 0 spiro atoms. The molecule has 0 saturated carbocycles. The lowest BCUT2D eigenvalue weighted by molar-refractivity contribution is -0.136. The molecule has 0 radical (unpaired) electrons. The summed E-state index contributed by atoms with van der Waals surface area (Å²) in [5.74, 6) is -0.763. The molecule has 0 rings (SSSR count). The summed E-state index contributed by atoms with van der Waals surface area (Å²) in [6.45, 7) is 5.42. The number of aliphatic carboxylic acids is 1. The van der Waals surface area contributed by atoms with Gasteiger partial charge in [0, 0.05) is 6.42 Å². The molecule has 0 saturated heterocycles. The summed E-state index contributed by atoms with van der Waals surface area (Å²) < 4.78 is 0. The Morgan fingerprint density at radius 3 is 2.50 bits per heavy atom. The SMILES string of the molecule is C=CC(=CC)CCC(=O)O. The van der Waals surface area contributed by atoms with E-state index in [0.29, 0.717) is 6.42 Å². The van der Waals surface area contributed by atoms with Gasteiger partial charge in [0.05, 0.1) is 0 Å². The van der Waals surface area contributed by atoms with Gasteiger partial charge in [0.1, 0.15) is 0 Å². The van der Waals surface area contributed by atoms with Crippen LogP contribution in [-0.2, 0) is 4.79 Å². The summed E-state index contributed by atoms with van der Waals surface area (Å²) in [5.41, 5.74) is 0.988. The zero-order valence-corrected chi connectivity index (χ0v) is 6.13. The van der Waals surface area contributed by atoms with E-state index in [-0.39, 0.29) is 6.42 Å². The van der Waals surface area contributed by atoms with Crippen molar-refractivity contribution >= 4 is 5.97 Å². The highest BCUT2D eigenvalue weighted by Crippen LogP contribution is 2.04. The van der Waals surface area contributed by atoms with Crippen LogP contribution in [0.1, 0.15) is 19.8 Å². The maximum Gasteiger partial charge on any atom is 0.303 e. The molecule has 56 valence electrons. The van der Waals surface area contributed by atoms with Gasteiger partial charge in [0.15, 0.2) is 0 Å². The second-order valence-electron chi connectivity index (χ2n) is 1.96. The fourth-order valence-corrected chi connectivity index (χ4v) is 0.616. The Labute approximate surface area is 60.9 Å². The smallest absolute Gasteiger partial charge is 0.303 e. The van der Waals surface area contributed by atoms with E-state index in [1.807, 2.05) is 13.0 Å². The Bertz CT molecular complexity index is 157. The minimum Gasteiger partial charge on any atom is -0.481 e. The van der Waals surface area contributed by atoms with E-state index in [2.05, 4.69) is 6.58 Å². The topological polar surface area (TPSA) is 37.3 Å². The molecule has 1 N–H and O–H groups in total. The van der Waals surface area contributed by atoms with Gasteiger partial charge in [-0.15, -0.1) is 0 Å². The lowest BCUT2D eigenvalue weighted by atomic mass is 10.1. The monoisotopic (exact) mass is 140 g/mol. The Kier molecular flexibility index (Phi) is 4.29. The Hall–Kier alpha value is -1.05. The molecule has 2 nitrogen and oxygen atoms in total. The van der Waals surface area contributed by atoms with Crippen LogP contribution < -0.4 is 0 Å². The highest BCUT2D eigenvalue weighted by Gasteiger charge is 1.96. The van der Waals surface area contributed by atoms with Crippen molar-refractivity contribution in [1.29, 1.82) is 0 Å². The van der Waals surface area contributed by atoms with E-state index in [0.717, 1.165) is 5.57 Å². The minimum absolute atomic E-state index is 0.186. The molecule has 0 amide bonds. The van der Waals surface area contributed by atoms with Gasteiger partial charge in [-0.3, -0.25) is 4.79 Å². The third-order valence-corrected chi connectivity index (χ3v) is 1.26. The fraction of sp³-hybridized carbons (Fsp3) is 0.375. The van der Waals surface area contributed by atoms with Gasteiger partial charge in [-0.2, -0.15) is 0 Å². The van der Waals surface area contributed by atoms with Crippen LogP contribution in [0.25, 0.3) is 0 Å². The van der Waals surface area contributed by atoms with Crippen molar-refractivity contribution in [2.75, 3.05) is 0 Å². The van der Waals surface area contributed by atoms with Gasteiger partial charge in [-0.1, -0.05) is 24.3 Å². The first-order valence-electron chi connectivity index (χ1n) is 3.20. The molecular weight excluding hydrogens is 128 g/mol. The van der Waals surface area contributed by atoms with Gasteiger partial charge in [0.2, 0.25) is 0 Å². The lowest BCUT2D eigenvalue weighted by Crippen LogP contribution is -1.94. The molecule has 0 aliphatic heterocycles. The first-order chi connectivity index (χ1) is 4.70. The molecule has 2 heteroatoms. The van der Waals surface area contributed by atoms with Crippen LogP contribution in [0.5, 0.6) is 0 Å². The van der Waals surface area contributed by atoms with E-state index in [9.17, 15) is 4.79 Å². The van der Waals surface area contributed by atoms with Crippen molar-refractivity contribution in [3.8, 4) is 0 Å². The number of allylic oxidation sites excluding steroid dienone is 3. The van der Waals surface area contributed by atoms with Crippen molar-refractivity contribution in [1.82, 2.24) is 0 Å². The van der Waals surface area contributed by atoms with Crippen LogP contribution >= 0.6 is 0 Å². The molecule has 0 aliphatic carbocycles. The Balaban J connectivity index is 3.66. The van der Waals surface area contributed by atoms with E-state index in [1.165, 1.54) is 0 Å². The highest BCUT2D eigenvalue weighted by atomic mass is 16.4. The van der Waals surface area contributed by atoms with Gasteiger partial charge in [0.25, 0.3) is 0 Å². The second kappa shape index (κ2) is 4.79. The van der Waals surface area contributed by atoms with Crippen LogP contribution in [0.2, 0.25) is 0 Å². The van der Waals surface area contributed by atoms with Crippen molar-refractivity contribution < 1.29 is 9.90 Å². The minimum atomic E-state index is -0.763. The van der Waals surface area contributed by atoms with E-state index < -0.39 is 5.97 Å². The van der Waals surface area contributed by atoms with Crippen molar-refractivity contribution in [3.63, 3.8) is 0 Å². The van der Waals surface area contributed by atoms with Crippen LogP contribution in [0, 0.1) is 0 Å². The normalized spacial score (nSPS) is 11.1. The van der Waals surface area contributed by atoms with E-state index in [4.69, 9.17) is 5.11 Å². The van der Waals surface area contributed by atoms with Crippen LogP contribution in [0.15, 0.2) is 24.3 Å². The maximum atomic E-state index is 10.1. The molecule has 0 aromatic heterocycles. The fourth-order valence-electron chi connectivity index (χ4n) is 0.616. The largest absolute Gasteiger partial charge is 0.481 e. The summed E-state index contributed by atoms with van der Waals surface area (Å²) in [7, 11) is 0. The number of carbonyl (C=O) groups is 1. The summed E-state index contributed by atoms with van der Waals surface area (Å²) in [6, 6.07) is 0. The second-order valence-corrected chi connectivity index (χ2v) is 1.96. The molecule has 0 atom stereocenters. The number of carboxylic acids is 1. The van der Waals surface area contributed by atoms with Crippen molar-refractivity contribution in [2.24, 2.45) is 0 Å². The third-order valence-electron chi connectivity index (χ3n) is 1.26. The van der Waals surface area contributed by atoms with Crippen LogP contribution in [-0.4, -0.2) is 11.1 Å². The van der Waals surface area contributed by atoms with E-state index in [1.54, 1.807) is 6.08 Å². The number of hydrogen-bond donors (Lipinski definition) is 1. The van der Waals surface area contributed by atoms with Gasteiger partial charge >= 0.3 is 5.97 Å². The predicted molar refractivity (Wildman–Crippen MR) is 40.8 cm³/mol. The molecule has 0 fully saturated rings. The molecule has 0 aromatic carbocycles. The number of hydrogen-bond acceptors (Lipinski definition) is 1. The summed E-state index contributed by atoms with van der Waals surface area (Å²) >= 11 is 0. The molecule has 0 heterocycles. The van der Waals surface area contributed by atoms with Gasteiger partial charge in [-0.25, -0.2) is 0 Å². The van der Waals surface area contributed by atoms with Crippen LogP contribution in [0.3, 0.4) is 0 Å². The number of carboxylic acid groups (broad SMARTS) is 1. The summed E-state index contributed by atoms with van der Waals surface area (Å²) in [4.78, 5) is 10.1. The summed E-state index contributed by atoms with van der Waals surface area (Å²) in [6.07, 6.45) is 4.32. The van der Waals surface area contributed by atoms with Gasteiger partial charge < -0.3 is 5.11 Å². The molecule has 0 aromatic rings. The lowest BCUT2D eigenvalue weighted by Gasteiger charge is -1.95. The maximum absolute atomic E-state index is 10.1. The van der Waals surface area contributed by atoms with Crippen molar-refractivity contribution in [2.45, 2.75) is 19.8 Å². The molecule has 0 unspecified atom stereocenters. The molecular formula is C8H12O2. The average Bonchev–Trinajstić information content (AvgIpc) is 1.90. The van der Waals surface area contributed by atoms with E-state index >= 15 is 0 Å². The molecule has 0 aliphatic rings. The summed E-state index contributed by atoms with van der Waals surface area (Å²) in [5, 5.41) is 8.29. The zero-order valence-electron chi connectivity index (χ0n) is 6.13. The zero-order chi connectivity index (χ0) is 7.98. The first-order valence-corrected chi connectivity index (χ1v) is 3.20. The predicted octanol–water partition coefficient (Wildman–Crippen LogP) is 1.98. The van der Waals surface area contributed by atoms with Gasteiger partial charge in [-0.05, 0) is 13.3 Å². The first kappa shape index (κ1) is 8.95. The Morgan fingerprint density at radius 1 is 1.60 bits per heavy atom. The number of rotatable bonds is 4. The average molecular weight is 140 g/mol. The highest BCUT2D eigenvalue weighted by molar-refractivity contribution is 5.67. The van der Waals surface area contributed by atoms with Crippen LogP contribution in [0.4, 0.5) is 0 Å².